The highest BCUT2D eigenvalue weighted by molar-refractivity contribution is 5.91. The summed E-state index contributed by atoms with van der Waals surface area (Å²) < 4.78 is 0. The second kappa shape index (κ2) is 11.0. The fraction of sp³-hybridized carbons (Fsp3) is 0.417. The molecule has 6 nitrogen and oxygen atoms in total. The summed E-state index contributed by atoms with van der Waals surface area (Å²) in [4.78, 5) is 29.1. The van der Waals surface area contributed by atoms with Crippen LogP contribution in [0.1, 0.15) is 44.4 Å². The maximum Gasteiger partial charge on any atom is 0.319 e. The number of halogens is 1. The molecule has 3 rings (SSSR count). The third-order valence-corrected chi connectivity index (χ3v) is 5.83. The molecule has 0 bridgehead atoms. The molecular formula is C24H32ClN4O2-. The van der Waals surface area contributed by atoms with Gasteiger partial charge in [0.25, 0.3) is 0 Å². The number of nitrogens with zero attached hydrogens (tertiary/aromatic N) is 2. The van der Waals surface area contributed by atoms with Gasteiger partial charge in [-0.05, 0) is 57.0 Å². The number of aryl methyl sites for hydroxylation is 1. The van der Waals surface area contributed by atoms with Crippen LogP contribution in [-0.2, 0) is 4.79 Å². The van der Waals surface area contributed by atoms with Gasteiger partial charge < -0.3 is 32.8 Å². The molecule has 2 aromatic carbocycles. The first kappa shape index (κ1) is 24.5. The molecule has 2 N–H and O–H groups in total. The minimum Gasteiger partial charge on any atom is -1.00 e. The van der Waals surface area contributed by atoms with Crippen molar-refractivity contribution < 1.29 is 22.0 Å². The monoisotopic (exact) mass is 443 g/mol. The largest absolute Gasteiger partial charge is 1.00 e. The van der Waals surface area contributed by atoms with E-state index in [4.69, 9.17) is 0 Å². The molecule has 2 atom stereocenters. The molecule has 1 aliphatic heterocycles. The third kappa shape index (κ3) is 5.91. The molecule has 1 aliphatic rings. The average molecular weight is 444 g/mol. The van der Waals surface area contributed by atoms with Gasteiger partial charge in [-0.15, -0.1) is 0 Å². The quantitative estimate of drug-likeness (QED) is 0.678. The number of carbonyl (C=O) groups is 2. The number of carbonyl (C=O) groups excluding carboxylic acids is 2. The van der Waals surface area contributed by atoms with E-state index in [0.717, 1.165) is 35.6 Å². The fourth-order valence-electron chi connectivity index (χ4n) is 4.03. The highest BCUT2D eigenvalue weighted by Gasteiger charge is 2.34. The Morgan fingerprint density at radius 3 is 2.45 bits per heavy atom. The van der Waals surface area contributed by atoms with Crippen LogP contribution in [-0.4, -0.2) is 42.5 Å². The molecule has 3 amide bonds. The molecule has 1 saturated heterocycles. The number of hydrogen-bond acceptors (Lipinski definition) is 3. The van der Waals surface area contributed by atoms with E-state index in [1.165, 1.54) is 0 Å². The van der Waals surface area contributed by atoms with Crippen molar-refractivity contribution in [3.63, 3.8) is 0 Å². The Morgan fingerprint density at radius 1 is 1.16 bits per heavy atom. The Bertz CT molecular complexity index is 886. The molecule has 7 heteroatoms. The number of hydrogen-bond donors (Lipinski definition) is 2. The van der Waals surface area contributed by atoms with Gasteiger partial charge >= 0.3 is 6.03 Å². The molecule has 0 radical (unpaired) electrons. The van der Waals surface area contributed by atoms with Crippen LogP contribution in [0, 0.1) is 6.92 Å². The Hall–Kier alpha value is -2.73. The minimum atomic E-state index is -0.277. The summed E-state index contributed by atoms with van der Waals surface area (Å²) in [7, 11) is 0. The van der Waals surface area contributed by atoms with Crippen molar-refractivity contribution >= 4 is 23.3 Å². The smallest absolute Gasteiger partial charge is 0.319 e. The van der Waals surface area contributed by atoms with Crippen LogP contribution in [0.4, 0.5) is 16.2 Å². The maximum atomic E-state index is 12.5. The summed E-state index contributed by atoms with van der Waals surface area (Å²) in [6.45, 7) is 10.7. The minimum absolute atomic E-state index is 0. The topological polar surface area (TPSA) is 64.7 Å². The first-order chi connectivity index (χ1) is 14.4. The number of rotatable bonds is 7. The van der Waals surface area contributed by atoms with Gasteiger partial charge in [-0.3, -0.25) is 4.79 Å². The van der Waals surface area contributed by atoms with Crippen molar-refractivity contribution in [3.8, 4) is 0 Å². The molecule has 0 aliphatic carbocycles. The fourth-order valence-corrected chi connectivity index (χ4v) is 4.03. The highest BCUT2D eigenvalue weighted by atomic mass is 35.5. The van der Waals surface area contributed by atoms with Crippen molar-refractivity contribution in [3.05, 3.63) is 59.7 Å². The van der Waals surface area contributed by atoms with Gasteiger partial charge in [-0.2, -0.15) is 0 Å². The van der Waals surface area contributed by atoms with E-state index in [9.17, 15) is 9.59 Å². The molecule has 168 valence electrons. The SMILES string of the molecule is CCN(CC)c1ccc(NC(=O)NC2CC(=O)N(C(C)c3ccccc3)C2)c(C)c1.[Cl-]. The number of urea groups is 1. The average Bonchev–Trinajstić information content (AvgIpc) is 3.10. The second-order valence-corrected chi connectivity index (χ2v) is 7.80. The summed E-state index contributed by atoms with van der Waals surface area (Å²) in [6, 6.07) is 15.5. The van der Waals surface area contributed by atoms with E-state index in [1.807, 2.05) is 61.2 Å². The van der Waals surface area contributed by atoms with Crippen molar-refractivity contribution in [2.45, 2.75) is 46.2 Å². The summed E-state index contributed by atoms with van der Waals surface area (Å²) in [5.74, 6) is 0.0661. The number of benzene rings is 2. The zero-order chi connectivity index (χ0) is 21.7. The Balaban J connectivity index is 0.00000341. The van der Waals surface area contributed by atoms with E-state index < -0.39 is 0 Å². The van der Waals surface area contributed by atoms with Crippen LogP contribution in [0.15, 0.2) is 48.5 Å². The predicted octanol–water partition coefficient (Wildman–Crippen LogP) is 1.33. The normalized spacial score (nSPS) is 16.5. The molecule has 1 fully saturated rings. The first-order valence-corrected chi connectivity index (χ1v) is 10.7. The lowest BCUT2D eigenvalue weighted by Gasteiger charge is -2.25. The zero-order valence-corrected chi connectivity index (χ0v) is 19.4. The summed E-state index contributed by atoms with van der Waals surface area (Å²) in [5, 5.41) is 5.89. The van der Waals surface area contributed by atoms with Gasteiger partial charge in [0.2, 0.25) is 5.91 Å². The molecule has 0 spiro atoms. The summed E-state index contributed by atoms with van der Waals surface area (Å²) >= 11 is 0. The lowest BCUT2D eigenvalue weighted by Crippen LogP contribution is -3.00. The van der Waals surface area contributed by atoms with Crippen molar-refractivity contribution in [2.24, 2.45) is 0 Å². The number of amides is 3. The van der Waals surface area contributed by atoms with Crippen LogP contribution >= 0.6 is 0 Å². The number of nitrogens with one attached hydrogen (secondary N) is 2. The van der Waals surface area contributed by atoms with Crippen molar-refractivity contribution in [2.75, 3.05) is 29.9 Å². The van der Waals surface area contributed by atoms with E-state index in [0.29, 0.717) is 13.0 Å². The number of likely N-dealkylation sites (tertiary alicyclic amines) is 1. The van der Waals surface area contributed by atoms with Gasteiger partial charge in [0.15, 0.2) is 0 Å². The molecule has 2 unspecified atom stereocenters. The second-order valence-electron chi connectivity index (χ2n) is 7.80. The molecule has 31 heavy (non-hydrogen) atoms. The zero-order valence-electron chi connectivity index (χ0n) is 18.7. The Morgan fingerprint density at radius 2 is 1.84 bits per heavy atom. The Kier molecular flexibility index (Phi) is 8.75. The van der Waals surface area contributed by atoms with Crippen LogP contribution < -0.4 is 27.9 Å². The van der Waals surface area contributed by atoms with Gasteiger partial charge in [0.05, 0.1) is 12.1 Å². The standard InChI is InChI=1S/C24H32N4O2.ClH/c1-5-27(6-2)21-12-13-22(17(3)14-21)26-24(30)25-20-15-23(29)28(16-20)18(4)19-10-8-7-9-11-19;/h7-14,18,20H,5-6,15-16H2,1-4H3,(H2,25,26,30);1H/p-1. The molecule has 0 aromatic heterocycles. The lowest BCUT2D eigenvalue weighted by atomic mass is 10.1. The van der Waals surface area contributed by atoms with Gasteiger partial charge in [0.1, 0.15) is 0 Å². The van der Waals surface area contributed by atoms with E-state index >= 15 is 0 Å². The Labute approximate surface area is 191 Å². The van der Waals surface area contributed by atoms with E-state index in [-0.39, 0.29) is 36.4 Å². The lowest BCUT2D eigenvalue weighted by molar-refractivity contribution is -0.129. The molecule has 1 heterocycles. The van der Waals surface area contributed by atoms with Crippen LogP contribution in [0.2, 0.25) is 0 Å². The predicted molar refractivity (Wildman–Crippen MR) is 122 cm³/mol. The highest BCUT2D eigenvalue weighted by Crippen LogP contribution is 2.26. The van der Waals surface area contributed by atoms with Crippen LogP contribution in [0.5, 0.6) is 0 Å². The maximum absolute atomic E-state index is 12.5. The van der Waals surface area contributed by atoms with Crippen molar-refractivity contribution in [1.29, 1.82) is 0 Å². The summed E-state index contributed by atoms with van der Waals surface area (Å²) in [5.41, 5.74) is 4.04. The van der Waals surface area contributed by atoms with Gasteiger partial charge in [-0.25, -0.2) is 4.79 Å². The van der Waals surface area contributed by atoms with Gasteiger partial charge in [-0.1, -0.05) is 30.3 Å². The third-order valence-electron chi connectivity index (χ3n) is 5.83. The van der Waals surface area contributed by atoms with E-state index in [2.05, 4.69) is 35.4 Å². The van der Waals surface area contributed by atoms with Gasteiger partial charge in [0, 0.05) is 37.4 Å². The van der Waals surface area contributed by atoms with Crippen molar-refractivity contribution in [1.82, 2.24) is 10.2 Å². The van der Waals surface area contributed by atoms with E-state index in [1.54, 1.807) is 0 Å². The number of anilines is 2. The molecular weight excluding hydrogens is 412 g/mol. The molecule has 2 aromatic rings. The summed E-state index contributed by atoms with van der Waals surface area (Å²) in [6.07, 6.45) is 0.324. The van der Waals surface area contributed by atoms with Crippen LogP contribution in [0.25, 0.3) is 0 Å². The van der Waals surface area contributed by atoms with Crippen LogP contribution in [0.3, 0.4) is 0 Å². The first-order valence-electron chi connectivity index (χ1n) is 10.7. The molecule has 0 saturated carbocycles.